The normalized spacial score (nSPS) is 14.6. The van der Waals surface area contributed by atoms with E-state index in [0.717, 1.165) is 49.6 Å². The van der Waals surface area contributed by atoms with E-state index >= 15 is 0 Å². The average Bonchev–Trinajstić information content (AvgIpc) is 3.57. The second kappa shape index (κ2) is 8.77. The highest BCUT2D eigenvalue weighted by molar-refractivity contribution is 7.13. The van der Waals surface area contributed by atoms with Gasteiger partial charge in [-0.1, -0.05) is 18.2 Å². The molecule has 4 heterocycles. The molecule has 0 aliphatic carbocycles. The number of benzene rings is 1. The van der Waals surface area contributed by atoms with Crippen LogP contribution >= 0.6 is 11.3 Å². The van der Waals surface area contributed by atoms with Crippen LogP contribution in [0.2, 0.25) is 0 Å². The number of hydrogen-bond donors (Lipinski definition) is 2. The van der Waals surface area contributed by atoms with Crippen LogP contribution in [0.25, 0.3) is 10.6 Å². The van der Waals surface area contributed by atoms with E-state index in [-0.39, 0.29) is 11.9 Å². The van der Waals surface area contributed by atoms with Crippen LogP contribution in [0.4, 0.5) is 5.82 Å². The number of H-pyrrole nitrogens is 1. The standard InChI is InChI=1S/C23H24N6OS/c30-23(18-5-3-17(4-6-18)15-28-12-9-24-16-28)25-19-7-10-29(11-8-19)22-14-20(26-27-22)21-2-1-13-31-21/h1-6,9,12-14,16,19H,7-8,10-11,15H2,(H,25,30)(H,26,27). The number of carbonyl (C=O) groups is 1. The summed E-state index contributed by atoms with van der Waals surface area (Å²) >= 11 is 1.70. The maximum atomic E-state index is 12.7. The van der Waals surface area contributed by atoms with Crippen molar-refractivity contribution in [1.29, 1.82) is 0 Å². The molecule has 4 aromatic rings. The number of aromatic nitrogens is 4. The summed E-state index contributed by atoms with van der Waals surface area (Å²) in [6.07, 6.45) is 7.30. The van der Waals surface area contributed by atoms with Gasteiger partial charge in [0.25, 0.3) is 5.91 Å². The van der Waals surface area contributed by atoms with Gasteiger partial charge in [-0.25, -0.2) is 4.98 Å². The van der Waals surface area contributed by atoms with Gasteiger partial charge in [0.05, 0.1) is 16.9 Å². The Morgan fingerprint density at radius 1 is 1.19 bits per heavy atom. The van der Waals surface area contributed by atoms with Crippen LogP contribution in [0.5, 0.6) is 0 Å². The first-order chi connectivity index (χ1) is 15.2. The Morgan fingerprint density at radius 2 is 2.03 bits per heavy atom. The van der Waals surface area contributed by atoms with E-state index in [0.29, 0.717) is 5.56 Å². The number of anilines is 1. The van der Waals surface area contributed by atoms with Crippen LogP contribution in [0.15, 0.2) is 66.6 Å². The monoisotopic (exact) mass is 432 g/mol. The van der Waals surface area contributed by atoms with Gasteiger partial charge < -0.3 is 14.8 Å². The molecule has 1 saturated heterocycles. The quantitative estimate of drug-likeness (QED) is 0.486. The third-order valence-corrected chi connectivity index (χ3v) is 6.55. The first kappa shape index (κ1) is 19.6. The predicted molar refractivity (Wildman–Crippen MR) is 122 cm³/mol. The molecule has 5 rings (SSSR count). The number of piperidine rings is 1. The highest BCUT2D eigenvalue weighted by Gasteiger charge is 2.23. The molecule has 3 aromatic heterocycles. The van der Waals surface area contributed by atoms with Gasteiger partial charge in [0.1, 0.15) is 0 Å². The van der Waals surface area contributed by atoms with E-state index in [4.69, 9.17) is 0 Å². The van der Waals surface area contributed by atoms with Crippen molar-refractivity contribution in [3.8, 4) is 10.6 Å². The summed E-state index contributed by atoms with van der Waals surface area (Å²) in [6.45, 7) is 2.51. The van der Waals surface area contributed by atoms with Gasteiger partial charge in [-0.05, 0) is 42.0 Å². The van der Waals surface area contributed by atoms with Crippen LogP contribution in [0.3, 0.4) is 0 Å². The molecule has 1 fully saturated rings. The van der Waals surface area contributed by atoms with Crippen molar-refractivity contribution < 1.29 is 4.79 Å². The van der Waals surface area contributed by atoms with Gasteiger partial charge in [0, 0.05) is 49.7 Å². The molecule has 158 valence electrons. The lowest BCUT2D eigenvalue weighted by molar-refractivity contribution is 0.0931. The number of imidazole rings is 1. The molecule has 1 amide bonds. The molecule has 0 saturated carbocycles. The van der Waals surface area contributed by atoms with E-state index < -0.39 is 0 Å². The lowest BCUT2D eigenvalue weighted by Crippen LogP contribution is -2.44. The number of nitrogens with zero attached hydrogens (tertiary/aromatic N) is 4. The largest absolute Gasteiger partial charge is 0.355 e. The number of nitrogens with one attached hydrogen (secondary N) is 2. The number of rotatable bonds is 6. The Morgan fingerprint density at radius 3 is 2.74 bits per heavy atom. The third kappa shape index (κ3) is 4.54. The fourth-order valence-electron chi connectivity index (χ4n) is 3.91. The molecule has 31 heavy (non-hydrogen) atoms. The molecule has 7 nitrogen and oxygen atoms in total. The van der Waals surface area contributed by atoms with Crippen molar-refractivity contribution in [2.45, 2.75) is 25.4 Å². The lowest BCUT2D eigenvalue weighted by Gasteiger charge is -2.32. The average molecular weight is 433 g/mol. The number of amides is 1. The summed E-state index contributed by atoms with van der Waals surface area (Å²) in [4.78, 5) is 20.2. The van der Waals surface area contributed by atoms with E-state index in [1.807, 2.05) is 41.1 Å². The maximum Gasteiger partial charge on any atom is 0.251 e. The zero-order valence-electron chi connectivity index (χ0n) is 17.1. The van der Waals surface area contributed by atoms with Crippen LogP contribution in [0, 0.1) is 0 Å². The van der Waals surface area contributed by atoms with Gasteiger partial charge in [-0.2, -0.15) is 5.10 Å². The molecule has 1 aliphatic heterocycles. The number of hydrogen-bond acceptors (Lipinski definition) is 5. The molecule has 1 aliphatic rings. The number of aromatic amines is 1. The van der Waals surface area contributed by atoms with Crippen LogP contribution < -0.4 is 10.2 Å². The van der Waals surface area contributed by atoms with E-state index in [2.05, 4.69) is 42.9 Å². The summed E-state index contributed by atoms with van der Waals surface area (Å²) in [5.41, 5.74) is 2.89. The Bertz CT molecular complexity index is 1110. The molecular formula is C23H24N6OS. The second-order valence-electron chi connectivity index (χ2n) is 7.78. The summed E-state index contributed by atoms with van der Waals surface area (Å²) in [5.74, 6) is 0.967. The van der Waals surface area contributed by atoms with Gasteiger partial charge >= 0.3 is 0 Å². The highest BCUT2D eigenvalue weighted by Crippen LogP contribution is 2.27. The fourth-order valence-corrected chi connectivity index (χ4v) is 4.60. The van der Waals surface area contributed by atoms with Crippen molar-refractivity contribution in [1.82, 2.24) is 25.1 Å². The van der Waals surface area contributed by atoms with Crippen molar-refractivity contribution >= 4 is 23.1 Å². The Labute approximate surface area is 184 Å². The molecule has 8 heteroatoms. The van der Waals surface area contributed by atoms with Gasteiger partial charge in [-0.15, -0.1) is 11.3 Å². The maximum absolute atomic E-state index is 12.7. The zero-order valence-corrected chi connectivity index (χ0v) is 17.9. The Kier molecular flexibility index (Phi) is 5.54. The van der Waals surface area contributed by atoms with Crippen LogP contribution in [-0.2, 0) is 6.54 Å². The molecule has 2 N–H and O–H groups in total. The Balaban J connectivity index is 1.13. The van der Waals surface area contributed by atoms with Crippen LogP contribution in [0.1, 0.15) is 28.8 Å². The van der Waals surface area contributed by atoms with E-state index in [1.54, 1.807) is 23.9 Å². The zero-order chi connectivity index (χ0) is 21.0. The summed E-state index contributed by atoms with van der Waals surface area (Å²) < 4.78 is 2.01. The van der Waals surface area contributed by atoms with Crippen molar-refractivity contribution in [2.24, 2.45) is 0 Å². The minimum atomic E-state index is -0.00705. The van der Waals surface area contributed by atoms with Gasteiger partial charge in [0.15, 0.2) is 5.82 Å². The SMILES string of the molecule is O=C(NC1CCN(c2cc(-c3cccs3)[nH]n2)CC1)c1ccc(Cn2ccnc2)cc1. The first-order valence-corrected chi connectivity index (χ1v) is 11.3. The summed E-state index contributed by atoms with van der Waals surface area (Å²) in [6, 6.07) is 14.2. The molecule has 1 aromatic carbocycles. The van der Waals surface area contributed by atoms with Gasteiger partial charge in [-0.3, -0.25) is 9.89 Å². The van der Waals surface area contributed by atoms with E-state index in [1.165, 1.54) is 4.88 Å². The topological polar surface area (TPSA) is 78.8 Å². The molecule has 0 atom stereocenters. The van der Waals surface area contributed by atoms with Gasteiger partial charge in [0.2, 0.25) is 0 Å². The smallest absolute Gasteiger partial charge is 0.251 e. The lowest BCUT2D eigenvalue weighted by atomic mass is 10.0. The minimum absolute atomic E-state index is 0.00705. The number of carbonyl (C=O) groups excluding carboxylic acids is 1. The van der Waals surface area contributed by atoms with Crippen molar-refractivity contribution in [3.05, 3.63) is 77.7 Å². The second-order valence-corrected chi connectivity index (χ2v) is 8.73. The number of thiophene rings is 1. The van der Waals surface area contributed by atoms with E-state index in [9.17, 15) is 4.79 Å². The molecule has 0 bridgehead atoms. The molecule has 0 spiro atoms. The van der Waals surface area contributed by atoms with Crippen molar-refractivity contribution in [2.75, 3.05) is 18.0 Å². The minimum Gasteiger partial charge on any atom is -0.355 e. The first-order valence-electron chi connectivity index (χ1n) is 10.4. The highest BCUT2D eigenvalue weighted by atomic mass is 32.1. The van der Waals surface area contributed by atoms with Crippen molar-refractivity contribution in [3.63, 3.8) is 0 Å². The van der Waals surface area contributed by atoms with Crippen LogP contribution in [-0.4, -0.2) is 44.8 Å². The third-order valence-electron chi connectivity index (χ3n) is 5.65. The fraction of sp³-hybridized carbons (Fsp3) is 0.261. The molecule has 0 unspecified atom stereocenters. The predicted octanol–water partition coefficient (Wildman–Crippen LogP) is 3.78. The summed E-state index contributed by atoms with van der Waals surface area (Å²) in [5, 5.41) is 12.9. The molecule has 0 radical (unpaired) electrons. The summed E-state index contributed by atoms with van der Waals surface area (Å²) in [7, 11) is 0. The molecular weight excluding hydrogens is 408 g/mol. The Hall–Kier alpha value is -3.39.